The van der Waals surface area contributed by atoms with Gasteiger partial charge in [-0.25, -0.2) is 0 Å². The third kappa shape index (κ3) is 4.74. The SMILES string of the molecule is CCC(CC)N(CCO)CC(=O)c1ccc(Cl)c(Cl)c1. The van der Waals surface area contributed by atoms with Gasteiger partial charge in [-0.1, -0.05) is 37.0 Å². The predicted molar refractivity (Wildman–Crippen MR) is 83.8 cm³/mol. The number of rotatable bonds is 8. The van der Waals surface area contributed by atoms with Gasteiger partial charge in [-0.05, 0) is 31.0 Å². The monoisotopic (exact) mass is 317 g/mol. The summed E-state index contributed by atoms with van der Waals surface area (Å²) >= 11 is 11.8. The van der Waals surface area contributed by atoms with Gasteiger partial charge in [-0.2, -0.15) is 0 Å². The Labute approximate surface area is 130 Å². The van der Waals surface area contributed by atoms with Crippen LogP contribution in [0.2, 0.25) is 10.0 Å². The van der Waals surface area contributed by atoms with E-state index in [-0.39, 0.29) is 18.9 Å². The van der Waals surface area contributed by atoms with E-state index in [4.69, 9.17) is 28.3 Å². The first-order valence-corrected chi connectivity index (χ1v) is 7.62. The van der Waals surface area contributed by atoms with Crippen LogP contribution in [0.3, 0.4) is 0 Å². The molecule has 0 unspecified atom stereocenters. The van der Waals surface area contributed by atoms with Crippen molar-refractivity contribution in [1.82, 2.24) is 4.90 Å². The van der Waals surface area contributed by atoms with Gasteiger partial charge in [0.15, 0.2) is 5.78 Å². The van der Waals surface area contributed by atoms with Crippen LogP contribution < -0.4 is 0 Å². The van der Waals surface area contributed by atoms with Gasteiger partial charge in [0, 0.05) is 18.2 Å². The maximum atomic E-state index is 12.3. The van der Waals surface area contributed by atoms with E-state index in [0.29, 0.717) is 28.2 Å². The maximum absolute atomic E-state index is 12.3. The fourth-order valence-corrected chi connectivity index (χ4v) is 2.57. The summed E-state index contributed by atoms with van der Waals surface area (Å²) in [5.41, 5.74) is 0.549. The first-order valence-electron chi connectivity index (χ1n) is 6.86. The van der Waals surface area contributed by atoms with Gasteiger partial charge in [0.05, 0.1) is 23.2 Å². The molecule has 0 atom stereocenters. The Hall–Kier alpha value is -0.610. The van der Waals surface area contributed by atoms with Crippen LogP contribution in [0.1, 0.15) is 37.0 Å². The molecule has 0 aromatic heterocycles. The zero-order valence-corrected chi connectivity index (χ0v) is 13.4. The molecular weight excluding hydrogens is 297 g/mol. The molecule has 3 nitrogen and oxygen atoms in total. The smallest absolute Gasteiger partial charge is 0.176 e. The lowest BCUT2D eigenvalue weighted by molar-refractivity contribution is 0.0850. The molecule has 5 heteroatoms. The summed E-state index contributed by atoms with van der Waals surface area (Å²) in [6.45, 7) is 5.00. The molecule has 20 heavy (non-hydrogen) atoms. The summed E-state index contributed by atoms with van der Waals surface area (Å²) in [6.07, 6.45) is 1.90. The molecule has 0 saturated heterocycles. The van der Waals surface area contributed by atoms with Gasteiger partial charge in [0.25, 0.3) is 0 Å². The Morgan fingerprint density at radius 2 is 1.90 bits per heavy atom. The van der Waals surface area contributed by atoms with Crippen LogP contribution in [-0.2, 0) is 0 Å². The molecule has 0 aliphatic carbocycles. The third-order valence-electron chi connectivity index (χ3n) is 3.43. The van der Waals surface area contributed by atoms with Gasteiger partial charge < -0.3 is 5.11 Å². The second-order valence-corrected chi connectivity index (χ2v) is 5.53. The molecule has 112 valence electrons. The predicted octanol–water partition coefficient (Wildman–Crippen LogP) is 3.66. The van der Waals surface area contributed by atoms with E-state index < -0.39 is 0 Å². The molecule has 0 radical (unpaired) electrons. The Kier molecular flexibility index (Phi) is 7.52. The number of carbonyl (C=O) groups excluding carboxylic acids is 1. The number of carbonyl (C=O) groups is 1. The van der Waals surface area contributed by atoms with Crippen molar-refractivity contribution in [2.75, 3.05) is 19.7 Å². The molecule has 1 aromatic carbocycles. The van der Waals surface area contributed by atoms with Crippen molar-refractivity contribution in [3.05, 3.63) is 33.8 Å². The highest BCUT2D eigenvalue weighted by atomic mass is 35.5. The average Bonchev–Trinajstić information content (AvgIpc) is 2.43. The summed E-state index contributed by atoms with van der Waals surface area (Å²) in [5, 5.41) is 9.97. The standard InChI is InChI=1S/C15H21Cl2NO2/c1-3-12(4-2)18(7-8-19)10-15(20)11-5-6-13(16)14(17)9-11/h5-6,9,12,19H,3-4,7-8,10H2,1-2H3. The normalized spacial score (nSPS) is 11.3. The van der Waals surface area contributed by atoms with Crippen molar-refractivity contribution in [2.45, 2.75) is 32.7 Å². The Balaban J connectivity index is 2.81. The van der Waals surface area contributed by atoms with Crippen molar-refractivity contribution in [3.63, 3.8) is 0 Å². The molecule has 0 bridgehead atoms. The highest BCUT2D eigenvalue weighted by Gasteiger charge is 2.19. The highest BCUT2D eigenvalue weighted by Crippen LogP contribution is 2.23. The van der Waals surface area contributed by atoms with Gasteiger partial charge in [0.2, 0.25) is 0 Å². The van der Waals surface area contributed by atoms with Crippen LogP contribution in [0, 0.1) is 0 Å². The number of ketones is 1. The van der Waals surface area contributed by atoms with Gasteiger partial charge in [-0.3, -0.25) is 9.69 Å². The Bertz CT molecular complexity index is 447. The molecule has 0 fully saturated rings. The number of hydrogen-bond acceptors (Lipinski definition) is 3. The van der Waals surface area contributed by atoms with E-state index in [1.807, 2.05) is 4.90 Å². The van der Waals surface area contributed by atoms with E-state index in [1.165, 1.54) is 0 Å². The molecule has 0 saturated carbocycles. The number of hydrogen-bond donors (Lipinski definition) is 1. The summed E-state index contributed by atoms with van der Waals surface area (Å²) < 4.78 is 0. The second kappa shape index (κ2) is 8.63. The molecule has 1 rings (SSSR count). The lowest BCUT2D eigenvalue weighted by Crippen LogP contribution is -2.40. The summed E-state index contributed by atoms with van der Waals surface area (Å²) in [7, 11) is 0. The number of Topliss-reactive ketones (excluding diaryl/α,β-unsaturated/α-hetero) is 1. The minimum Gasteiger partial charge on any atom is -0.395 e. The number of aliphatic hydroxyl groups is 1. The Morgan fingerprint density at radius 3 is 2.40 bits per heavy atom. The second-order valence-electron chi connectivity index (χ2n) is 4.72. The van der Waals surface area contributed by atoms with Crippen molar-refractivity contribution < 1.29 is 9.90 Å². The molecule has 0 aliphatic rings. The zero-order valence-electron chi connectivity index (χ0n) is 11.9. The maximum Gasteiger partial charge on any atom is 0.176 e. The van der Waals surface area contributed by atoms with Crippen molar-refractivity contribution in [3.8, 4) is 0 Å². The fraction of sp³-hybridized carbons (Fsp3) is 0.533. The van der Waals surface area contributed by atoms with Gasteiger partial charge in [-0.15, -0.1) is 0 Å². The quantitative estimate of drug-likeness (QED) is 0.744. The largest absolute Gasteiger partial charge is 0.395 e. The third-order valence-corrected chi connectivity index (χ3v) is 4.17. The van der Waals surface area contributed by atoms with Gasteiger partial charge in [0.1, 0.15) is 0 Å². The number of nitrogens with zero attached hydrogens (tertiary/aromatic N) is 1. The van der Waals surface area contributed by atoms with Crippen LogP contribution in [0.25, 0.3) is 0 Å². The molecule has 0 heterocycles. The lowest BCUT2D eigenvalue weighted by Gasteiger charge is -2.29. The van der Waals surface area contributed by atoms with E-state index in [2.05, 4.69) is 13.8 Å². The molecule has 0 spiro atoms. The summed E-state index contributed by atoms with van der Waals surface area (Å²) in [6, 6.07) is 5.20. The zero-order chi connectivity index (χ0) is 15.1. The van der Waals surface area contributed by atoms with Crippen LogP contribution in [0.4, 0.5) is 0 Å². The van der Waals surface area contributed by atoms with E-state index in [0.717, 1.165) is 12.8 Å². The molecule has 0 aliphatic heterocycles. The van der Waals surface area contributed by atoms with Gasteiger partial charge >= 0.3 is 0 Å². The van der Waals surface area contributed by atoms with Crippen LogP contribution in [-0.4, -0.2) is 41.5 Å². The number of halogens is 2. The molecule has 0 amide bonds. The number of benzene rings is 1. The van der Waals surface area contributed by atoms with Crippen molar-refractivity contribution in [1.29, 1.82) is 0 Å². The van der Waals surface area contributed by atoms with Crippen LogP contribution in [0.5, 0.6) is 0 Å². The average molecular weight is 318 g/mol. The summed E-state index contributed by atoms with van der Waals surface area (Å²) in [5.74, 6) is -0.0103. The minimum atomic E-state index is -0.0103. The molecule has 1 aromatic rings. The lowest BCUT2D eigenvalue weighted by atomic mass is 10.1. The Morgan fingerprint density at radius 1 is 1.25 bits per heavy atom. The van der Waals surface area contributed by atoms with Crippen molar-refractivity contribution >= 4 is 29.0 Å². The first kappa shape index (κ1) is 17.4. The van der Waals surface area contributed by atoms with Crippen LogP contribution in [0.15, 0.2) is 18.2 Å². The summed E-state index contributed by atoms with van der Waals surface area (Å²) in [4.78, 5) is 14.3. The minimum absolute atomic E-state index is 0.0103. The van der Waals surface area contributed by atoms with E-state index in [9.17, 15) is 4.79 Å². The number of aliphatic hydroxyl groups excluding tert-OH is 1. The topological polar surface area (TPSA) is 40.5 Å². The molecule has 1 N–H and O–H groups in total. The van der Waals surface area contributed by atoms with E-state index in [1.54, 1.807) is 18.2 Å². The van der Waals surface area contributed by atoms with Crippen LogP contribution >= 0.6 is 23.2 Å². The molecular formula is C15H21Cl2NO2. The van der Waals surface area contributed by atoms with E-state index >= 15 is 0 Å². The first-order chi connectivity index (χ1) is 9.53. The van der Waals surface area contributed by atoms with Crippen molar-refractivity contribution in [2.24, 2.45) is 0 Å². The highest BCUT2D eigenvalue weighted by molar-refractivity contribution is 6.42. The fourth-order valence-electron chi connectivity index (χ4n) is 2.27.